The third-order valence-corrected chi connectivity index (χ3v) is 21.1. The Bertz CT molecular complexity index is 3850. The van der Waals surface area contributed by atoms with Crippen LogP contribution in [0.1, 0.15) is 154 Å². The number of halogens is 8. The van der Waals surface area contributed by atoms with E-state index >= 15 is 0 Å². The Morgan fingerprint density at radius 3 is 0.731 bits per heavy atom. The molecule has 4 saturated heterocycles. The summed E-state index contributed by atoms with van der Waals surface area (Å²) in [6.45, 7) is 25.7. The summed E-state index contributed by atoms with van der Waals surface area (Å²) in [5.41, 5.74) is 2.41. The van der Waals surface area contributed by atoms with Crippen LogP contribution in [0.15, 0.2) is 92.0 Å². The van der Waals surface area contributed by atoms with E-state index in [1.54, 1.807) is 91.1 Å². The van der Waals surface area contributed by atoms with Gasteiger partial charge in [0.05, 0.1) is 67.8 Å². The van der Waals surface area contributed by atoms with Gasteiger partial charge in [0.15, 0.2) is 0 Å². The summed E-state index contributed by atoms with van der Waals surface area (Å²) in [5.74, 6) is 3.09. The molecule has 28 heteroatoms. The first-order chi connectivity index (χ1) is 50.3. The molecule has 104 heavy (non-hydrogen) atoms. The van der Waals surface area contributed by atoms with Crippen LogP contribution in [0.2, 0.25) is 20.1 Å². The highest BCUT2D eigenvalue weighted by Crippen LogP contribution is 2.32. The molecule has 8 heterocycles. The van der Waals surface area contributed by atoms with Crippen LogP contribution in [0.5, 0.6) is 0 Å². The predicted octanol–water partition coefficient (Wildman–Crippen LogP) is 12.6. The molecule has 0 saturated carbocycles. The van der Waals surface area contributed by atoms with Gasteiger partial charge in [0.1, 0.15) is 50.0 Å². The van der Waals surface area contributed by atoms with Crippen molar-refractivity contribution in [2.24, 2.45) is 0 Å². The van der Waals surface area contributed by atoms with E-state index in [9.17, 15) is 36.7 Å². The van der Waals surface area contributed by atoms with Crippen molar-refractivity contribution in [1.82, 2.24) is 79.1 Å². The fourth-order valence-electron chi connectivity index (χ4n) is 15.0. The molecular weight excluding hydrogens is 1420 g/mol. The molecule has 0 aliphatic carbocycles. The lowest BCUT2D eigenvalue weighted by atomic mass is 10.1. The average molecular weight is 1520 g/mol. The number of hydrogen-bond acceptors (Lipinski definition) is 16. The van der Waals surface area contributed by atoms with E-state index in [0.29, 0.717) is 116 Å². The van der Waals surface area contributed by atoms with Crippen LogP contribution in [0.25, 0.3) is 43.6 Å². The summed E-state index contributed by atoms with van der Waals surface area (Å²) < 4.78 is 59.7. The number of piperazine rings is 4. The first-order valence-electron chi connectivity index (χ1n) is 37.3. The van der Waals surface area contributed by atoms with E-state index in [0.717, 1.165) is 127 Å². The molecular formula is C76H104Cl4F4N16O4. The van der Waals surface area contributed by atoms with Crippen LogP contribution in [-0.2, 0) is 26.2 Å². The van der Waals surface area contributed by atoms with Crippen LogP contribution < -0.4 is 43.5 Å². The van der Waals surface area contributed by atoms with E-state index in [2.05, 4.69) is 68.6 Å². The highest BCUT2D eigenvalue weighted by Gasteiger charge is 2.35. The minimum atomic E-state index is -0.389. The van der Waals surface area contributed by atoms with Crippen molar-refractivity contribution in [1.29, 1.82) is 0 Å². The normalized spacial score (nSPS) is 19.8. The van der Waals surface area contributed by atoms with Crippen molar-refractivity contribution >= 4 is 90.0 Å². The molecule has 4 aliphatic heterocycles. The lowest BCUT2D eigenvalue weighted by Crippen LogP contribution is -2.53. The van der Waals surface area contributed by atoms with Gasteiger partial charge in [-0.3, -0.25) is 57.0 Å². The molecule has 4 aromatic heterocycles. The lowest BCUT2D eigenvalue weighted by Gasteiger charge is -2.38. The van der Waals surface area contributed by atoms with Crippen molar-refractivity contribution < 1.29 is 17.6 Å². The molecule has 0 unspecified atom stereocenters. The number of rotatable bonds is 24. The van der Waals surface area contributed by atoms with Crippen LogP contribution in [-0.4, -0.2) is 187 Å². The first kappa shape index (κ1) is 82.1. The van der Waals surface area contributed by atoms with Crippen molar-refractivity contribution in [3.05, 3.63) is 158 Å². The summed E-state index contributed by atoms with van der Waals surface area (Å²) in [5, 5.41) is 17.1. The predicted molar refractivity (Wildman–Crippen MR) is 415 cm³/mol. The van der Waals surface area contributed by atoms with Gasteiger partial charge < -0.3 is 21.3 Å². The summed E-state index contributed by atoms with van der Waals surface area (Å²) in [6, 6.07) is 20.3. The lowest BCUT2D eigenvalue weighted by molar-refractivity contribution is 0.117. The minimum Gasteiger partial charge on any atom is -0.309 e. The van der Waals surface area contributed by atoms with Crippen LogP contribution in [0.4, 0.5) is 17.6 Å². The number of benzene rings is 4. The first-order valence-corrected chi connectivity index (χ1v) is 38.8. The Morgan fingerprint density at radius 1 is 0.356 bits per heavy atom. The zero-order valence-corrected chi connectivity index (χ0v) is 64.4. The molecule has 8 atom stereocenters. The maximum atomic E-state index is 13.2. The molecule has 4 N–H and O–H groups in total. The monoisotopic (exact) mass is 1520 g/mol. The summed E-state index contributed by atoms with van der Waals surface area (Å²) in [7, 11) is 0. The number of aromatic nitrogens is 8. The van der Waals surface area contributed by atoms with E-state index in [1.807, 2.05) is 27.7 Å². The van der Waals surface area contributed by atoms with Crippen LogP contribution in [0, 0.1) is 0 Å². The van der Waals surface area contributed by atoms with E-state index in [1.165, 1.54) is 0 Å². The Kier molecular flexibility index (Phi) is 31.4. The minimum absolute atomic E-state index is 0.00359. The highest BCUT2D eigenvalue weighted by molar-refractivity contribution is 6.32. The van der Waals surface area contributed by atoms with E-state index in [-0.39, 0.29) is 97.3 Å². The number of alkyl halides is 4. The Balaban J connectivity index is 0.000000161. The number of fused-ring (bicyclic) bond motifs is 4. The SMILES string of the molecule is CCC[C@@H](c1nc2ccc(Cl)cc2c(=O)n1CC)N1CCN[C@@H](CF)C1.CCC[C@@H](c1nc2ccc(Cl)cc2c(=O)n1CC)N1CCN[C@H](CF)C1.CCC[C@H](c1nc2ccc(Cl)cc2c(=O)n1CC)N1CCN[C@@H](CF)C1.CCC[C@H](c1nc2ccc(Cl)cc2c(=O)n1CC)N1CCN[C@H](CF)C1. The fraction of sp³-hybridized carbons (Fsp3) is 0.579. The second-order valence-corrected chi connectivity index (χ2v) is 28.9. The van der Waals surface area contributed by atoms with Gasteiger partial charge in [-0.25, -0.2) is 37.5 Å². The molecule has 4 fully saturated rings. The molecule has 0 spiro atoms. The zero-order chi connectivity index (χ0) is 74.7. The summed E-state index contributed by atoms with van der Waals surface area (Å²) in [6.07, 6.45) is 7.38. The van der Waals surface area contributed by atoms with E-state index in [4.69, 9.17) is 66.3 Å². The molecule has 568 valence electrons. The molecule has 0 radical (unpaired) electrons. The van der Waals surface area contributed by atoms with Gasteiger partial charge >= 0.3 is 0 Å². The highest BCUT2D eigenvalue weighted by atomic mass is 35.5. The molecule has 8 aromatic rings. The smallest absolute Gasteiger partial charge is 0.261 e. The Morgan fingerprint density at radius 2 is 0.558 bits per heavy atom. The fourth-order valence-corrected chi connectivity index (χ4v) is 15.7. The standard InChI is InChI=1S/4C19H26ClFN4O/c4*1-3-5-17(24-9-8-22-14(11-21)12-24)18-23-16-7-6-13(20)10-15(16)19(26)25(18)4-2/h4*6-7,10,14,17,22H,3-5,8-9,11-12H2,1-2H3/t2*14-,17+;2*14-,17-/m1010/s1. The summed E-state index contributed by atoms with van der Waals surface area (Å²) >= 11 is 24.3. The van der Waals surface area contributed by atoms with Gasteiger partial charge in [-0.15, -0.1) is 0 Å². The third-order valence-electron chi connectivity index (χ3n) is 20.1. The Labute approximate surface area is 627 Å². The van der Waals surface area contributed by atoms with Crippen LogP contribution in [0.3, 0.4) is 0 Å². The van der Waals surface area contributed by atoms with Gasteiger partial charge in [-0.05, 0) is 126 Å². The van der Waals surface area contributed by atoms with E-state index < -0.39 is 0 Å². The molecule has 0 bridgehead atoms. The van der Waals surface area contributed by atoms with Gasteiger partial charge in [0, 0.05) is 149 Å². The molecule has 0 amide bonds. The number of nitrogens with one attached hydrogen (secondary N) is 4. The quantitative estimate of drug-likeness (QED) is 0.0416. The van der Waals surface area contributed by atoms with Gasteiger partial charge in [0.2, 0.25) is 0 Å². The molecule has 20 nitrogen and oxygen atoms in total. The van der Waals surface area contributed by atoms with Gasteiger partial charge in [-0.1, -0.05) is 99.8 Å². The third kappa shape index (κ3) is 19.6. The topological polar surface area (TPSA) is 201 Å². The van der Waals surface area contributed by atoms with Gasteiger partial charge in [0.25, 0.3) is 22.2 Å². The van der Waals surface area contributed by atoms with Crippen molar-refractivity contribution in [3.8, 4) is 0 Å². The zero-order valence-electron chi connectivity index (χ0n) is 61.4. The molecule has 12 rings (SSSR count). The van der Waals surface area contributed by atoms with Crippen molar-refractivity contribution in [2.45, 2.75) is 181 Å². The summed E-state index contributed by atoms with van der Waals surface area (Å²) in [4.78, 5) is 80.5. The molecule has 4 aliphatic rings. The average Bonchev–Trinajstić information content (AvgIpc) is 0.790. The largest absolute Gasteiger partial charge is 0.309 e. The number of hydrogen-bond donors (Lipinski definition) is 4. The molecule has 4 aromatic carbocycles. The van der Waals surface area contributed by atoms with Crippen LogP contribution >= 0.6 is 46.4 Å². The maximum absolute atomic E-state index is 13.2. The number of nitrogens with zero attached hydrogens (tertiary/aromatic N) is 12. The Hall–Kier alpha value is -6.00. The second-order valence-electron chi connectivity index (χ2n) is 27.1. The van der Waals surface area contributed by atoms with Crippen molar-refractivity contribution in [2.75, 3.05) is 105 Å². The second kappa shape index (κ2) is 39.7. The van der Waals surface area contributed by atoms with Crippen molar-refractivity contribution in [3.63, 3.8) is 0 Å². The maximum Gasteiger partial charge on any atom is 0.261 e. The van der Waals surface area contributed by atoms with Gasteiger partial charge in [-0.2, -0.15) is 0 Å².